The van der Waals surface area contributed by atoms with Crippen molar-refractivity contribution in [3.63, 3.8) is 0 Å². The number of hydrogen-bond acceptors (Lipinski definition) is 5. The molecule has 0 spiro atoms. The van der Waals surface area contributed by atoms with E-state index in [0.29, 0.717) is 11.9 Å². The van der Waals surface area contributed by atoms with Crippen molar-refractivity contribution in [3.05, 3.63) is 53.3 Å². The van der Waals surface area contributed by atoms with E-state index in [1.807, 2.05) is 20.0 Å². The average molecular weight is 443 g/mol. The maximum atomic E-state index is 6.35. The topological polar surface area (TPSA) is 72.9 Å². The predicted octanol–water partition coefficient (Wildman–Crippen LogP) is 5.40. The van der Waals surface area contributed by atoms with E-state index in [9.17, 15) is 0 Å². The molecular weight excluding hydrogens is 408 g/mol. The minimum atomic E-state index is -0.729. The zero-order valence-electron chi connectivity index (χ0n) is 20.4. The molecule has 1 saturated carbocycles. The van der Waals surface area contributed by atoms with Gasteiger partial charge in [-0.3, -0.25) is 9.98 Å². The monoisotopic (exact) mass is 442 g/mol. The van der Waals surface area contributed by atoms with E-state index in [4.69, 9.17) is 20.5 Å². The fourth-order valence-electron chi connectivity index (χ4n) is 5.26. The van der Waals surface area contributed by atoms with Crippen LogP contribution in [0.5, 0.6) is 0 Å². The van der Waals surface area contributed by atoms with Crippen LogP contribution in [0, 0.1) is 24.2 Å². The first-order valence-corrected chi connectivity index (χ1v) is 11.8. The van der Waals surface area contributed by atoms with Gasteiger partial charge in [-0.05, 0) is 76.6 Å². The number of nitrogens with zero attached hydrogens (tertiary/aromatic N) is 3. The minimum absolute atomic E-state index is 0.153. The predicted molar refractivity (Wildman–Crippen MR) is 135 cm³/mol. The Morgan fingerprint density at radius 2 is 1.85 bits per heavy atom. The average Bonchev–Trinajstić information content (AvgIpc) is 3.12. The first-order chi connectivity index (χ1) is 15.8. The zero-order chi connectivity index (χ0) is 23.6. The lowest BCUT2D eigenvalue weighted by molar-refractivity contribution is -0.0168. The van der Waals surface area contributed by atoms with Crippen molar-refractivity contribution in [3.8, 4) is 23.0 Å². The second kappa shape index (κ2) is 9.11. The summed E-state index contributed by atoms with van der Waals surface area (Å²) in [6.07, 6.45) is 7.99. The van der Waals surface area contributed by atoms with Crippen LogP contribution in [0.3, 0.4) is 0 Å². The van der Waals surface area contributed by atoms with E-state index in [-0.39, 0.29) is 5.41 Å². The van der Waals surface area contributed by atoms with Gasteiger partial charge in [0.1, 0.15) is 5.84 Å². The molecule has 0 amide bonds. The summed E-state index contributed by atoms with van der Waals surface area (Å²) < 4.78 is 5.94. The lowest BCUT2D eigenvalue weighted by Crippen LogP contribution is -2.44. The molecule has 5 nitrogen and oxygen atoms in total. The van der Waals surface area contributed by atoms with Gasteiger partial charge in [-0.15, -0.1) is 5.92 Å². The number of aliphatic imine (C=N–C) groups is 2. The van der Waals surface area contributed by atoms with E-state index >= 15 is 0 Å². The van der Waals surface area contributed by atoms with Gasteiger partial charge >= 0.3 is 0 Å². The normalized spacial score (nSPS) is 26.9. The molecule has 1 aliphatic carbocycles. The molecule has 4 rings (SSSR count). The van der Waals surface area contributed by atoms with Crippen LogP contribution < -0.4 is 5.73 Å². The van der Waals surface area contributed by atoms with Gasteiger partial charge in [0.2, 0.25) is 0 Å². The van der Waals surface area contributed by atoms with E-state index in [2.05, 4.69) is 61.9 Å². The Bertz CT molecular complexity index is 1140. The number of aryl methyl sites for hydroxylation is 1. The number of hydrogen-bond donors (Lipinski definition) is 1. The molecule has 1 aliphatic heterocycles. The largest absolute Gasteiger partial charge is 0.382 e. The third-order valence-electron chi connectivity index (χ3n) is 7.22. The number of rotatable bonds is 5. The number of benzene rings is 1. The number of ether oxygens (including phenoxy) is 1. The van der Waals surface area contributed by atoms with E-state index in [1.54, 1.807) is 6.20 Å². The SMILES string of the molecule is CC#Cc1cncc(-c2ccc(C)c(C3(C4(C)CCC(OCC)CC4)N=C(C)C(N)=N3)c2)c1. The van der Waals surface area contributed by atoms with E-state index in [1.165, 1.54) is 5.56 Å². The minimum Gasteiger partial charge on any atom is -0.382 e. The molecule has 1 aromatic carbocycles. The first-order valence-electron chi connectivity index (χ1n) is 11.8. The van der Waals surface area contributed by atoms with Crippen LogP contribution >= 0.6 is 0 Å². The van der Waals surface area contributed by atoms with Crippen molar-refractivity contribution in [2.24, 2.45) is 21.1 Å². The molecule has 0 radical (unpaired) electrons. The van der Waals surface area contributed by atoms with Crippen LogP contribution in [0.4, 0.5) is 0 Å². The fraction of sp³-hybridized carbons (Fsp3) is 0.464. The van der Waals surface area contributed by atoms with Gasteiger partial charge in [0.15, 0.2) is 5.66 Å². The van der Waals surface area contributed by atoms with Gasteiger partial charge in [0.25, 0.3) is 0 Å². The molecular formula is C28H34N4O. The van der Waals surface area contributed by atoms with Gasteiger partial charge in [-0.25, -0.2) is 4.99 Å². The third-order valence-corrected chi connectivity index (χ3v) is 7.22. The number of aromatic nitrogens is 1. The van der Waals surface area contributed by atoms with Crippen molar-refractivity contribution in [1.29, 1.82) is 0 Å². The Morgan fingerprint density at radius 3 is 2.48 bits per heavy atom. The standard InChI is InChI=1S/C28H34N4O/c1-6-8-21-15-23(18-30-17-21)22-10-9-19(3)25(16-22)28(31-20(4)26(29)32-28)27(5)13-11-24(12-14-27)33-7-2/h9-10,15-18,24H,7,11-14H2,1-5H3,(H2,29,32). The summed E-state index contributed by atoms with van der Waals surface area (Å²) in [4.78, 5) is 14.7. The van der Waals surface area contributed by atoms with Crippen LogP contribution in [0.1, 0.15) is 70.1 Å². The summed E-state index contributed by atoms with van der Waals surface area (Å²) in [5.74, 6) is 6.60. The van der Waals surface area contributed by atoms with E-state index in [0.717, 1.165) is 60.3 Å². The first kappa shape index (κ1) is 23.2. The summed E-state index contributed by atoms with van der Waals surface area (Å²) in [5.41, 5.74) is 11.6. The summed E-state index contributed by atoms with van der Waals surface area (Å²) >= 11 is 0. The Balaban J connectivity index is 1.82. The molecule has 2 N–H and O–H groups in total. The molecule has 1 aromatic heterocycles. The molecule has 2 aromatic rings. The number of nitrogens with two attached hydrogens (primary N) is 1. The molecule has 2 heterocycles. The van der Waals surface area contributed by atoms with Crippen LogP contribution in [0.25, 0.3) is 11.1 Å². The van der Waals surface area contributed by atoms with Crippen molar-refractivity contribution in [1.82, 2.24) is 4.98 Å². The molecule has 33 heavy (non-hydrogen) atoms. The highest BCUT2D eigenvalue weighted by Crippen LogP contribution is 2.55. The summed E-state index contributed by atoms with van der Waals surface area (Å²) in [6, 6.07) is 8.61. The fourth-order valence-corrected chi connectivity index (χ4v) is 5.26. The van der Waals surface area contributed by atoms with Crippen LogP contribution in [0.2, 0.25) is 0 Å². The lowest BCUT2D eigenvalue weighted by Gasteiger charge is -2.47. The highest BCUT2D eigenvalue weighted by atomic mass is 16.5. The molecule has 2 aliphatic rings. The Morgan fingerprint density at radius 1 is 1.09 bits per heavy atom. The smallest absolute Gasteiger partial charge is 0.184 e. The molecule has 172 valence electrons. The second-order valence-electron chi connectivity index (χ2n) is 9.45. The Kier molecular flexibility index (Phi) is 6.41. The summed E-state index contributed by atoms with van der Waals surface area (Å²) in [5, 5.41) is 0. The molecule has 1 unspecified atom stereocenters. The maximum Gasteiger partial charge on any atom is 0.184 e. The highest BCUT2D eigenvalue weighted by Gasteiger charge is 2.54. The maximum absolute atomic E-state index is 6.35. The lowest BCUT2D eigenvalue weighted by atomic mass is 9.63. The number of pyridine rings is 1. The van der Waals surface area contributed by atoms with Gasteiger partial charge in [0.05, 0.1) is 11.8 Å². The quantitative estimate of drug-likeness (QED) is 0.630. The van der Waals surface area contributed by atoms with Crippen molar-refractivity contribution < 1.29 is 4.74 Å². The van der Waals surface area contributed by atoms with Crippen LogP contribution in [0.15, 0.2) is 46.6 Å². The van der Waals surface area contributed by atoms with Crippen LogP contribution in [-0.4, -0.2) is 29.2 Å². The summed E-state index contributed by atoms with van der Waals surface area (Å²) in [7, 11) is 0. The van der Waals surface area contributed by atoms with Gasteiger partial charge in [0, 0.05) is 41.1 Å². The molecule has 0 bridgehead atoms. The van der Waals surface area contributed by atoms with Crippen molar-refractivity contribution >= 4 is 11.5 Å². The van der Waals surface area contributed by atoms with Crippen molar-refractivity contribution in [2.75, 3.05) is 6.61 Å². The Labute approximate surface area is 197 Å². The number of amidine groups is 1. The van der Waals surface area contributed by atoms with E-state index < -0.39 is 5.66 Å². The Hall–Kier alpha value is -2.97. The molecule has 1 fully saturated rings. The van der Waals surface area contributed by atoms with Crippen LogP contribution in [-0.2, 0) is 10.4 Å². The molecule has 5 heteroatoms. The highest BCUT2D eigenvalue weighted by molar-refractivity contribution is 6.41. The second-order valence-corrected chi connectivity index (χ2v) is 9.45. The summed E-state index contributed by atoms with van der Waals surface area (Å²) in [6.45, 7) is 11.1. The van der Waals surface area contributed by atoms with Crippen molar-refractivity contribution in [2.45, 2.75) is 72.1 Å². The van der Waals surface area contributed by atoms with Gasteiger partial charge < -0.3 is 10.5 Å². The molecule has 0 saturated heterocycles. The van der Waals surface area contributed by atoms with Gasteiger partial charge in [-0.1, -0.05) is 25.0 Å². The third kappa shape index (κ3) is 4.20. The van der Waals surface area contributed by atoms with Gasteiger partial charge in [-0.2, -0.15) is 0 Å². The molecule has 1 atom stereocenters. The zero-order valence-corrected chi connectivity index (χ0v) is 20.4.